The maximum absolute atomic E-state index is 13.5. The summed E-state index contributed by atoms with van der Waals surface area (Å²) >= 11 is 6.14. The molecule has 3 aliphatic rings. The molecule has 4 atom stereocenters. The average Bonchev–Trinajstić information content (AvgIpc) is 3.45. The minimum Gasteiger partial charge on any atom is -0.274 e. The molecule has 3 nitrogen and oxygen atoms in total. The molecule has 0 aromatic heterocycles. The number of hydrogen-bond acceptors (Lipinski definition) is 2. The van der Waals surface area contributed by atoms with Crippen LogP contribution in [0.3, 0.4) is 0 Å². The summed E-state index contributed by atoms with van der Waals surface area (Å²) in [6.07, 6.45) is 4.25. The Hall–Kier alpha value is -3.43. The highest BCUT2D eigenvalue weighted by Gasteiger charge is 2.62. The number of rotatable bonds is 3. The van der Waals surface area contributed by atoms with Crippen LogP contribution in [0.2, 0.25) is 5.02 Å². The monoisotopic (exact) mass is 437 g/mol. The first-order valence-corrected chi connectivity index (χ1v) is 11.2. The third kappa shape index (κ3) is 2.74. The molecule has 1 saturated carbocycles. The molecule has 1 saturated heterocycles. The second-order valence-electron chi connectivity index (χ2n) is 8.54. The molecule has 3 aromatic rings. The van der Waals surface area contributed by atoms with Crippen molar-refractivity contribution in [3.8, 4) is 0 Å². The van der Waals surface area contributed by atoms with E-state index >= 15 is 0 Å². The molecule has 4 heteroatoms. The highest BCUT2D eigenvalue weighted by Crippen LogP contribution is 2.58. The van der Waals surface area contributed by atoms with Gasteiger partial charge in [0.15, 0.2) is 0 Å². The predicted molar refractivity (Wildman–Crippen MR) is 126 cm³/mol. The normalized spacial score (nSPS) is 25.5. The van der Waals surface area contributed by atoms with Gasteiger partial charge in [0.25, 0.3) is 0 Å². The maximum Gasteiger partial charge on any atom is 0.238 e. The van der Waals surface area contributed by atoms with E-state index in [1.165, 1.54) is 10.5 Å². The number of fused-ring (bicyclic) bond motifs is 5. The number of allylic oxidation sites excluding steroid dienone is 3. The van der Waals surface area contributed by atoms with E-state index in [0.717, 1.165) is 16.7 Å². The Kier molecular flexibility index (Phi) is 4.41. The fraction of sp³-hybridized carbons (Fsp3) is 0.143. The third-order valence-corrected chi connectivity index (χ3v) is 7.13. The minimum absolute atomic E-state index is 0.0824. The lowest BCUT2D eigenvalue weighted by molar-refractivity contribution is -0.122. The number of hydrogen-bond donors (Lipinski definition) is 0. The number of amides is 2. The van der Waals surface area contributed by atoms with E-state index in [4.69, 9.17) is 11.6 Å². The van der Waals surface area contributed by atoms with Crippen molar-refractivity contribution in [3.05, 3.63) is 119 Å². The SMILES string of the molecule is O=C1C2C3C=CC(C3=C(c3ccccc3)c3ccccc3)C2C(=O)N1c1cccc(Cl)c1. The molecule has 1 aliphatic heterocycles. The molecule has 0 N–H and O–H groups in total. The topological polar surface area (TPSA) is 37.4 Å². The van der Waals surface area contributed by atoms with Crippen molar-refractivity contribution in [2.45, 2.75) is 0 Å². The van der Waals surface area contributed by atoms with Gasteiger partial charge in [-0.3, -0.25) is 9.59 Å². The fourth-order valence-electron chi connectivity index (χ4n) is 5.68. The zero-order valence-corrected chi connectivity index (χ0v) is 17.9. The van der Waals surface area contributed by atoms with E-state index in [-0.39, 0.29) is 35.5 Å². The molecule has 4 unspecified atom stereocenters. The quantitative estimate of drug-likeness (QED) is 0.385. The highest BCUT2D eigenvalue weighted by molar-refractivity contribution is 6.31. The summed E-state index contributed by atoms with van der Waals surface area (Å²) in [6.45, 7) is 0. The summed E-state index contributed by atoms with van der Waals surface area (Å²) in [7, 11) is 0. The molecular formula is C28H20ClNO2. The van der Waals surface area contributed by atoms with Gasteiger partial charge in [0.05, 0.1) is 17.5 Å². The van der Waals surface area contributed by atoms with E-state index in [1.807, 2.05) is 36.4 Å². The highest BCUT2D eigenvalue weighted by atomic mass is 35.5. The van der Waals surface area contributed by atoms with Gasteiger partial charge in [-0.25, -0.2) is 4.90 Å². The van der Waals surface area contributed by atoms with Gasteiger partial charge in [0.2, 0.25) is 11.8 Å². The van der Waals surface area contributed by atoms with Crippen LogP contribution in [0.15, 0.2) is 103 Å². The maximum atomic E-state index is 13.5. The number of halogens is 1. The first-order valence-electron chi connectivity index (χ1n) is 10.8. The summed E-state index contributed by atoms with van der Waals surface area (Å²) in [5.74, 6) is -1.15. The number of carbonyl (C=O) groups is 2. The Morgan fingerprint density at radius 1 is 0.688 bits per heavy atom. The second kappa shape index (κ2) is 7.32. The predicted octanol–water partition coefficient (Wildman–Crippen LogP) is 5.76. The first kappa shape index (κ1) is 19.3. The number of anilines is 1. The van der Waals surface area contributed by atoms with Crippen LogP contribution >= 0.6 is 11.6 Å². The number of carbonyl (C=O) groups excluding carboxylic acids is 2. The van der Waals surface area contributed by atoms with Crippen LogP contribution in [0.1, 0.15) is 11.1 Å². The second-order valence-corrected chi connectivity index (χ2v) is 8.98. The Morgan fingerprint density at radius 3 is 1.72 bits per heavy atom. The van der Waals surface area contributed by atoms with E-state index in [2.05, 4.69) is 36.4 Å². The van der Waals surface area contributed by atoms with E-state index in [1.54, 1.807) is 24.3 Å². The van der Waals surface area contributed by atoms with Crippen LogP contribution in [0.4, 0.5) is 5.69 Å². The van der Waals surface area contributed by atoms with Crippen molar-refractivity contribution in [2.75, 3.05) is 4.90 Å². The zero-order chi connectivity index (χ0) is 21.8. The summed E-state index contributed by atoms with van der Waals surface area (Å²) in [5, 5.41) is 0.511. The number of benzene rings is 3. The summed E-state index contributed by atoms with van der Waals surface area (Å²) in [6, 6.07) is 27.5. The van der Waals surface area contributed by atoms with Crippen LogP contribution < -0.4 is 4.90 Å². The number of nitrogens with zero attached hydrogens (tertiary/aromatic N) is 1. The molecule has 1 heterocycles. The van der Waals surface area contributed by atoms with Crippen molar-refractivity contribution in [2.24, 2.45) is 23.7 Å². The van der Waals surface area contributed by atoms with E-state index < -0.39 is 0 Å². The van der Waals surface area contributed by atoms with Crippen molar-refractivity contribution in [3.63, 3.8) is 0 Å². The van der Waals surface area contributed by atoms with Gasteiger partial charge in [-0.2, -0.15) is 0 Å². The summed E-state index contributed by atoms with van der Waals surface area (Å²) in [5.41, 5.74) is 5.09. The lowest BCUT2D eigenvalue weighted by Crippen LogP contribution is -2.33. The summed E-state index contributed by atoms with van der Waals surface area (Å²) < 4.78 is 0. The van der Waals surface area contributed by atoms with Gasteiger partial charge in [-0.05, 0) is 40.5 Å². The Morgan fingerprint density at radius 2 is 1.22 bits per heavy atom. The third-order valence-electron chi connectivity index (χ3n) is 6.90. The van der Waals surface area contributed by atoms with Gasteiger partial charge in [-0.15, -0.1) is 0 Å². The minimum atomic E-state index is -0.367. The summed E-state index contributed by atoms with van der Waals surface area (Å²) in [4.78, 5) is 28.4. The molecule has 0 spiro atoms. The van der Waals surface area contributed by atoms with Crippen molar-refractivity contribution in [1.82, 2.24) is 0 Å². The van der Waals surface area contributed by atoms with Crippen LogP contribution in [0.5, 0.6) is 0 Å². The molecule has 3 aromatic carbocycles. The van der Waals surface area contributed by atoms with Gasteiger partial charge < -0.3 is 0 Å². The molecule has 2 bridgehead atoms. The largest absolute Gasteiger partial charge is 0.274 e. The first-order chi connectivity index (χ1) is 15.6. The van der Waals surface area contributed by atoms with Gasteiger partial charge in [-0.1, -0.05) is 90.5 Å². The molecule has 156 valence electrons. The smallest absolute Gasteiger partial charge is 0.238 e. The van der Waals surface area contributed by atoms with E-state index in [0.29, 0.717) is 10.7 Å². The fourth-order valence-corrected chi connectivity index (χ4v) is 5.86. The average molecular weight is 438 g/mol. The van der Waals surface area contributed by atoms with Gasteiger partial charge >= 0.3 is 0 Å². The lowest BCUT2D eigenvalue weighted by atomic mass is 9.85. The standard InChI is InChI=1S/C28H20ClNO2/c29-19-12-7-13-20(16-19)30-27(31)25-21-14-15-22(26(25)28(30)32)24(21)23(17-8-3-1-4-9-17)18-10-5-2-6-11-18/h1-16,21-22,25-26H. The lowest BCUT2D eigenvalue weighted by Gasteiger charge is -2.21. The van der Waals surface area contributed by atoms with Gasteiger partial charge in [0.1, 0.15) is 0 Å². The van der Waals surface area contributed by atoms with E-state index in [9.17, 15) is 9.59 Å². The van der Waals surface area contributed by atoms with Crippen LogP contribution in [0, 0.1) is 23.7 Å². The van der Waals surface area contributed by atoms with Crippen LogP contribution in [0.25, 0.3) is 5.57 Å². The Balaban J connectivity index is 1.49. The molecule has 0 radical (unpaired) electrons. The Bertz CT molecular complexity index is 1220. The molecule has 2 aliphatic carbocycles. The molecule has 32 heavy (non-hydrogen) atoms. The molecule has 2 amide bonds. The van der Waals surface area contributed by atoms with Crippen LogP contribution in [-0.2, 0) is 9.59 Å². The van der Waals surface area contributed by atoms with Gasteiger partial charge in [0, 0.05) is 16.9 Å². The Labute approximate surface area is 191 Å². The molecule has 2 fully saturated rings. The van der Waals surface area contributed by atoms with Crippen molar-refractivity contribution < 1.29 is 9.59 Å². The molecular weight excluding hydrogens is 418 g/mol. The number of imide groups is 1. The van der Waals surface area contributed by atoms with Crippen molar-refractivity contribution in [1.29, 1.82) is 0 Å². The molecule has 6 rings (SSSR count). The van der Waals surface area contributed by atoms with Crippen LogP contribution in [-0.4, -0.2) is 11.8 Å². The van der Waals surface area contributed by atoms with Crippen molar-refractivity contribution >= 4 is 34.7 Å². The zero-order valence-electron chi connectivity index (χ0n) is 17.2.